The quantitative estimate of drug-likeness (QED) is 0.938. The predicted molar refractivity (Wildman–Crippen MR) is 98.4 cm³/mol. The van der Waals surface area contributed by atoms with Crippen molar-refractivity contribution in [2.24, 2.45) is 0 Å². The van der Waals surface area contributed by atoms with Crippen LogP contribution in [0.5, 0.6) is 0 Å². The van der Waals surface area contributed by atoms with Crippen LogP contribution in [0.25, 0.3) is 0 Å². The Labute approximate surface area is 144 Å². The summed E-state index contributed by atoms with van der Waals surface area (Å²) in [6.45, 7) is 10.7. The highest BCUT2D eigenvalue weighted by Gasteiger charge is 2.21. The number of hydrogen-bond donors (Lipinski definition) is 1. The van der Waals surface area contributed by atoms with E-state index < -0.39 is 6.10 Å². The molecule has 1 aliphatic rings. The molecule has 4 heteroatoms. The Morgan fingerprint density at radius 2 is 1.71 bits per heavy atom. The topological polar surface area (TPSA) is 39.6 Å². The van der Waals surface area contributed by atoms with E-state index in [2.05, 4.69) is 41.6 Å². The SMILES string of the molecule is Cc1cc(N2CCN(C(C)C)CC2)ncc1[C@@H](O)c1ccccc1. The van der Waals surface area contributed by atoms with Gasteiger partial charge in [-0.2, -0.15) is 0 Å². The van der Waals surface area contributed by atoms with E-state index in [9.17, 15) is 5.11 Å². The van der Waals surface area contributed by atoms with E-state index in [1.807, 2.05) is 36.5 Å². The Morgan fingerprint density at radius 3 is 2.29 bits per heavy atom. The molecule has 1 saturated heterocycles. The molecule has 1 aliphatic heterocycles. The minimum atomic E-state index is -0.620. The minimum absolute atomic E-state index is 0.602. The number of aromatic nitrogens is 1. The monoisotopic (exact) mass is 325 g/mol. The van der Waals surface area contributed by atoms with Crippen LogP contribution < -0.4 is 4.90 Å². The van der Waals surface area contributed by atoms with E-state index in [1.165, 1.54) is 0 Å². The van der Waals surface area contributed by atoms with E-state index in [0.29, 0.717) is 6.04 Å². The molecule has 0 amide bonds. The van der Waals surface area contributed by atoms with Gasteiger partial charge in [0.05, 0.1) is 0 Å². The summed E-state index contributed by atoms with van der Waals surface area (Å²) in [5.41, 5.74) is 2.87. The van der Waals surface area contributed by atoms with Crippen LogP contribution in [0.2, 0.25) is 0 Å². The average molecular weight is 325 g/mol. The van der Waals surface area contributed by atoms with E-state index in [-0.39, 0.29) is 0 Å². The fourth-order valence-corrected chi connectivity index (χ4v) is 3.29. The van der Waals surface area contributed by atoms with Gasteiger partial charge >= 0.3 is 0 Å². The van der Waals surface area contributed by atoms with Crippen molar-refractivity contribution in [2.75, 3.05) is 31.1 Å². The second-order valence-electron chi connectivity index (χ2n) is 6.83. The number of aliphatic hydroxyl groups excluding tert-OH is 1. The maximum atomic E-state index is 10.6. The second-order valence-corrected chi connectivity index (χ2v) is 6.83. The molecule has 0 aliphatic carbocycles. The smallest absolute Gasteiger partial charge is 0.128 e. The molecule has 1 atom stereocenters. The van der Waals surface area contributed by atoms with Crippen LogP contribution >= 0.6 is 0 Å². The molecule has 1 aromatic carbocycles. The number of anilines is 1. The van der Waals surface area contributed by atoms with Crippen molar-refractivity contribution in [3.8, 4) is 0 Å². The summed E-state index contributed by atoms with van der Waals surface area (Å²) in [6.07, 6.45) is 1.21. The molecule has 1 N–H and O–H groups in total. The third kappa shape index (κ3) is 3.60. The predicted octanol–water partition coefficient (Wildman–Crippen LogP) is 3.00. The molecule has 4 nitrogen and oxygen atoms in total. The third-order valence-corrected chi connectivity index (χ3v) is 4.92. The van der Waals surface area contributed by atoms with Crippen molar-refractivity contribution in [3.63, 3.8) is 0 Å². The molecular weight excluding hydrogens is 298 g/mol. The number of aryl methyl sites for hydroxylation is 1. The van der Waals surface area contributed by atoms with Gasteiger partial charge in [-0.15, -0.1) is 0 Å². The van der Waals surface area contributed by atoms with Gasteiger partial charge in [0.1, 0.15) is 11.9 Å². The fourth-order valence-electron chi connectivity index (χ4n) is 3.29. The molecule has 1 fully saturated rings. The normalized spacial score (nSPS) is 17.3. The lowest BCUT2D eigenvalue weighted by Gasteiger charge is -2.37. The zero-order chi connectivity index (χ0) is 17.1. The van der Waals surface area contributed by atoms with Crippen LogP contribution in [0, 0.1) is 6.92 Å². The Morgan fingerprint density at radius 1 is 1.04 bits per heavy atom. The number of rotatable bonds is 4. The Kier molecular flexibility index (Phi) is 5.17. The molecule has 0 bridgehead atoms. The van der Waals surface area contributed by atoms with Crippen molar-refractivity contribution in [3.05, 3.63) is 59.3 Å². The van der Waals surface area contributed by atoms with E-state index in [4.69, 9.17) is 0 Å². The summed E-state index contributed by atoms with van der Waals surface area (Å²) in [5, 5.41) is 10.6. The van der Waals surface area contributed by atoms with E-state index >= 15 is 0 Å². The first-order chi connectivity index (χ1) is 11.6. The number of hydrogen-bond acceptors (Lipinski definition) is 4. The number of nitrogens with zero attached hydrogens (tertiary/aromatic N) is 3. The van der Waals surface area contributed by atoms with Gasteiger partial charge in [-0.25, -0.2) is 4.98 Å². The highest BCUT2D eigenvalue weighted by atomic mass is 16.3. The molecule has 0 unspecified atom stereocenters. The Bertz CT molecular complexity index is 664. The van der Waals surface area contributed by atoms with Gasteiger partial charge in [-0.1, -0.05) is 30.3 Å². The maximum absolute atomic E-state index is 10.6. The first-order valence-electron chi connectivity index (χ1n) is 8.75. The van der Waals surface area contributed by atoms with E-state index in [1.54, 1.807) is 0 Å². The zero-order valence-corrected chi connectivity index (χ0v) is 14.8. The molecule has 24 heavy (non-hydrogen) atoms. The molecule has 3 rings (SSSR count). The van der Waals surface area contributed by atoms with Crippen molar-refractivity contribution < 1.29 is 5.11 Å². The summed E-state index contributed by atoms with van der Waals surface area (Å²) < 4.78 is 0. The Balaban J connectivity index is 1.74. The lowest BCUT2D eigenvalue weighted by Crippen LogP contribution is -2.49. The van der Waals surface area contributed by atoms with Gasteiger partial charge in [0.2, 0.25) is 0 Å². The molecule has 2 aromatic rings. The standard InChI is InChI=1S/C20H27N3O/c1-15(2)22-9-11-23(12-10-22)19-13-16(3)18(14-21-19)20(24)17-7-5-4-6-8-17/h4-8,13-15,20,24H,9-12H2,1-3H3/t20-/m0/s1. The lowest BCUT2D eigenvalue weighted by molar-refractivity contribution is 0.209. The van der Waals surface area contributed by atoms with Crippen LogP contribution in [-0.2, 0) is 0 Å². The number of pyridine rings is 1. The van der Waals surface area contributed by atoms with Gasteiger partial charge in [0, 0.05) is 44.0 Å². The maximum Gasteiger partial charge on any atom is 0.128 e. The first-order valence-corrected chi connectivity index (χ1v) is 8.75. The molecule has 0 spiro atoms. The average Bonchev–Trinajstić information content (AvgIpc) is 2.62. The molecule has 1 aromatic heterocycles. The zero-order valence-electron chi connectivity index (χ0n) is 14.8. The van der Waals surface area contributed by atoms with Crippen molar-refractivity contribution >= 4 is 5.82 Å². The summed E-state index contributed by atoms with van der Waals surface area (Å²) in [5.74, 6) is 1.01. The van der Waals surface area contributed by atoms with Crippen LogP contribution in [0.1, 0.15) is 36.6 Å². The number of benzene rings is 1. The summed E-state index contributed by atoms with van der Waals surface area (Å²) in [6, 6.07) is 12.5. The highest BCUT2D eigenvalue weighted by molar-refractivity contribution is 5.46. The number of piperazine rings is 1. The largest absolute Gasteiger partial charge is 0.384 e. The molecule has 0 radical (unpaired) electrons. The minimum Gasteiger partial charge on any atom is -0.384 e. The van der Waals surface area contributed by atoms with Gasteiger partial charge in [-0.3, -0.25) is 4.90 Å². The second kappa shape index (κ2) is 7.32. The van der Waals surface area contributed by atoms with Gasteiger partial charge in [0.25, 0.3) is 0 Å². The van der Waals surface area contributed by atoms with Crippen molar-refractivity contribution in [1.29, 1.82) is 0 Å². The van der Waals surface area contributed by atoms with Gasteiger partial charge < -0.3 is 10.0 Å². The highest BCUT2D eigenvalue weighted by Crippen LogP contribution is 2.26. The third-order valence-electron chi connectivity index (χ3n) is 4.92. The van der Waals surface area contributed by atoms with Gasteiger partial charge in [0.15, 0.2) is 0 Å². The van der Waals surface area contributed by atoms with Crippen LogP contribution in [0.4, 0.5) is 5.82 Å². The van der Waals surface area contributed by atoms with Crippen molar-refractivity contribution in [1.82, 2.24) is 9.88 Å². The molecule has 128 valence electrons. The summed E-state index contributed by atoms with van der Waals surface area (Å²) in [7, 11) is 0. The Hall–Kier alpha value is -1.91. The van der Waals surface area contributed by atoms with E-state index in [0.717, 1.165) is 48.7 Å². The van der Waals surface area contributed by atoms with Gasteiger partial charge in [-0.05, 0) is 38.0 Å². The van der Waals surface area contributed by atoms with Crippen LogP contribution in [-0.4, -0.2) is 47.2 Å². The number of aliphatic hydroxyl groups is 1. The molecule has 2 heterocycles. The summed E-state index contributed by atoms with van der Waals surface area (Å²) >= 11 is 0. The molecule has 0 saturated carbocycles. The molecular formula is C20H27N3O. The summed E-state index contributed by atoms with van der Waals surface area (Å²) in [4.78, 5) is 9.46. The fraction of sp³-hybridized carbons (Fsp3) is 0.450. The lowest BCUT2D eigenvalue weighted by atomic mass is 9.99. The first kappa shape index (κ1) is 16.9. The van der Waals surface area contributed by atoms with Crippen LogP contribution in [0.3, 0.4) is 0 Å². The van der Waals surface area contributed by atoms with Crippen molar-refractivity contribution in [2.45, 2.75) is 32.9 Å². The van der Waals surface area contributed by atoms with Crippen LogP contribution in [0.15, 0.2) is 42.6 Å².